The predicted octanol–water partition coefficient (Wildman–Crippen LogP) is 4.13. The van der Waals surface area contributed by atoms with Crippen molar-refractivity contribution in [2.75, 3.05) is 17.2 Å². The topological polar surface area (TPSA) is 50.4 Å². The third-order valence-electron chi connectivity index (χ3n) is 2.73. The van der Waals surface area contributed by atoms with Crippen LogP contribution in [0.1, 0.15) is 0 Å². The maximum Gasteiger partial charge on any atom is 0.387 e. The lowest BCUT2D eigenvalue weighted by molar-refractivity contribution is -0.114. The molecule has 0 fully saturated rings. The number of halogens is 4. The summed E-state index contributed by atoms with van der Waals surface area (Å²) >= 11 is 5.80. The Balaban J connectivity index is 1.88. The van der Waals surface area contributed by atoms with Gasteiger partial charge in [-0.1, -0.05) is 11.6 Å². The van der Waals surface area contributed by atoms with Crippen LogP contribution in [-0.4, -0.2) is 19.1 Å². The van der Waals surface area contributed by atoms with E-state index in [1.807, 2.05) is 0 Å². The monoisotopic (exact) mass is 344 g/mol. The van der Waals surface area contributed by atoms with E-state index in [1.54, 1.807) is 0 Å². The van der Waals surface area contributed by atoms with Gasteiger partial charge in [-0.25, -0.2) is 4.39 Å². The molecule has 2 N–H and O–H groups in total. The summed E-state index contributed by atoms with van der Waals surface area (Å²) in [5, 5.41) is 5.34. The summed E-state index contributed by atoms with van der Waals surface area (Å²) in [5.74, 6) is -0.912. The Hall–Kier alpha value is -2.41. The van der Waals surface area contributed by atoms with Gasteiger partial charge in [-0.15, -0.1) is 0 Å². The van der Waals surface area contributed by atoms with Gasteiger partial charge in [0.1, 0.15) is 11.6 Å². The zero-order valence-corrected chi connectivity index (χ0v) is 12.4. The number of alkyl halides is 2. The number of nitrogens with one attached hydrogen (secondary N) is 2. The van der Waals surface area contributed by atoms with E-state index >= 15 is 0 Å². The maximum absolute atomic E-state index is 12.7. The minimum Gasteiger partial charge on any atom is -0.433 e. The van der Waals surface area contributed by atoms with Crippen LogP contribution in [0.2, 0.25) is 5.02 Å². The van der Waals surface area contributed by atoms with E-state index < -0.39 is 12.4 Å². The molecule has 0 heterocycles. The van der Waals surface area contributed by atoms with Crippen LogP contribution in [0.5, 0.6) is 5.75 Å². The lowest BCUT2D eigenvalue weighted by Crippen LogP contribution is -2.21. The van der Waals surface area contributed by atoms with Crippen molar-refractivity contribution in [2.24, 2.45) is 0 Å². The number of hydrogen-bond donors (Lipinski definition) is 2. The number of carbonyl (C=O) groups excluding carboxylic acids is 1. The zero-order chi connectivity index (χ0) is 16.8. The SMILES string of the molecule is O=C(CNc1ccc(OC(F)F)c(Cl)c1)Nc1ccc(F)cc1. The maximum atomic E-state index is 12.7. The summed E-state index contributed by atoms with van der Waals surface area (Å²) in [6, 6.07) is 9.41. The average Bonchev–Trinajstić information content (AvgIpc) is 2.50. The van der Waals surface area contributed by atoms with E-state index in [1.165, 1.54) is 42.5 Å². The van der Waals surface area contributed by atoms with Crippen molar-refractivity contribution in [1.29, 1.82) is 0 Å². The van der Waals surface area contributed by atoms with Crippen molar-refractivity contribution in [3.05, 3.63) is 53.3 Å². The largest absolute Gasteiger partial charge is 0.433 e. The van der Waals surface area contributed by atoms with Gasteiger partial charge in [-0.05, 0) is 42.5 Å². The Morgan fingerprint density at radius 3 is 2.39 bits per heavy atom. The fourth-order valence-corrected chi connectivity index (χ4v) is 1.95. The van der Waals surface area contributed by atoms with Gasteiger partial charge >= 0.3 is 6.61 Å². The second kappa shape index (κ2) is 7.73. The van der Waals surface area contributed by atoms with E-state index in [0.717, 1.165) is 0 Å². The molecule has 0 aliphatic rings. The molecule has 0 bridgehead atoms. The summed E-state index contributed by atoms with van der Waals surface area (Å²) in [4.78, 5) is 11.7. The van der Waals surface area contributed by atoms with Gasteiger partial charge in [0.15, 0.2) is 0 Å². The molecule has 0 aliphatic carbocycles. The molecule has 0 saturated heterocycles. The van der Waals surface area contributed by atoms with E-state index in [-0.39, 0.29) is 23.2 Å². The molecule has 0 aliphatic heterocycles. The van der Waals surface area contributed by atoms with E-state index in [0.29, 0.717) is 11.4 Å². The van der Waals surface area contributed by atoms with E-state index in [4.69, 9.17) is 11.6 Å². The number of carbonyl (C=O) groups is 1. The van der Waals surface area contributed by atoms with Crippen molar-refractivity contribution in [2.45, 2.75) is 6.61 Å². The van der Waals surface area contributed by atoms with Gasteiger partial charge in [0.2, 0.25) is 5.91 Å². The second-order valence-corrected chi connectivity index (χ2v) is 4.84. The highest BCUT2D eigenvalue weighted by atomic mass is 35.5. The van der Waals surface area contributed by atoms with Gasteiger partial charge in [0, 0.05) is 11.4 Å². The Morgan fingerprint density at radius 1 is 1.13 bits per heavy atom. The molecule has 23 heavy (non-hydrogen) atoms. The standard InChI is InChI=1S/C15H12ClF3N2O2/c16-12-7-11(5-6-13(12)23-15(18)19)20-8-14(22)21-10-3-1-9(17)2-4-10/h1-7,15,20H,8H2,(H,21,22). The van der Waals surface area contributed by atoms with Crippen molar-refractivity contribution < 1.29 is 22.7 Å². The van der Waals surface area contributed by atoms with Crippen LogP contribution < -0.4 is 15.4 Å². The molecule has 4 nitrogen and oxygen atoms in total. The highest BCUT2D eigenvalue weighted by Gasteiger charge is 2.09. The summed E-state index contributed by atoms with van der Waals surface area (Å²) in [6.07, 6.45) is 0. The van der Waals surface area contributed by atoms with Crippen molar-refractivity contribution in [3.63, 3.8) is 0 Å². The van der Waals surface area contributed by atoms with Crippen LogP contribution in [-0.2, 0) is 4.79 Å². The van der Waals surface area contributed by atoms with E-state index in [9.17, 15) is 18.0 Å². The van der Waals surface area contributed by atoms with Crippen LogP contribution in [0, 0.1) is 5.82 Å². The van der Waals surface area contributed by atoms with E-state index in [2.05, 4.69) is 15.4 Å². The normalized spacial score (nSPS) is 10.5. The molecule has 0 unspecified atom stereocenters. The first kappa shape index (κ1) is 17.0. The summed E-state index contributed by atoms with van der Waals surface area (Å²) < 4.78 is 41.2. The fraction of sp³-hybridized carbons (Fsp3) is 0.133. The minimum absolute atomic E-state index is 0.00533. The van der Waals surface area contributed by atoms with Crippen molar-refractivity contribution in [1.82, 2.24) is 0 Å². The Morgan fingerprint density at radius 2 is 1.78 bits per heavy atom. The van der Waals surface area contributed by atoms with Gasteiger partial charge in [-0.3, -0.25) is 4.79 Å². The molecule has 0 atom stereocenters. The lowest BCUT2D eigenvalue weighted by Gasteiger charge is -2.10. The number of ether oxygens (including phenoxy) is 1. The highest BCUT2D eigenvalue weighted by Crippen LogP contribution is 2.28. The lowest BCUT2D eigenvalue weighted by atomic mass is 10.3. The van der Waals surface area contributed by atoms with Crippen LogP contribution in [0.15, 0.2) is 42.5 Å². The molecular weight excluding hydrogens is 333 g/mol. The number of rotatable bonds is 6. The molecule has 8 heteroatoms. The first-order valence-electron chi connectivity index (χ1n) is 6.47. The number of hydrogen-bond acceptors (Lipinski definition) is 3. The molecule has 1 amide bonds. The summed E-state index contributed by atoms with van der Waals surface area (Å²) in [7, 11) is 0. The molecule has 0 spiro atoms. The highest BCUT2D eigenvalue weighted by molar-refractivity contribution is 6.32. The van der Waals surface area contributed by atoms with Crippen LogP contribution in [0.25, 0.3) is 0 Å². The number of benzene rings is 2. The molecule has 2 rings (SSSR count). The second-order valence-electron chi connectivity index (χ2n) is 4.43. The van der Waals surface area contributed by atoms with Crippen LogP contribution in [0.3, 0.4) is 0 Å². The molecule has 0 radical (unpaired) electrons. The average molecular weight is 345 g/mol. The van der Waals surface area contributed by atoms with Crippen molar-refractivity contribution in [3.8, 4) is 5.75 Å². The fourth-order valence-electron chi connectivity index (χ4n) is 1.72. The molecule has 0 saturated carbocycles. The Bertz CT molecular complexity index is 681. The molecule has 2 aromatic rings. The van der Waals surface area contributed by atoms with Gasteiger partial charge in [0.25, 0.3) is 0 Å². The minimum atomic E-state index is -2.97. The molecule has 2 aromatic carbocycles. The predicted molar refractivity (Wildman–Crippen MR) is 81.6 cm³/mol. The smallest absolute Gasteiger partial charge is 0.387 e. The Labute approximate surface area is 135 Å². The molecular formula is C15H12ClF3N2O2. The summed E-state index contributed by atoms with van der Waals surface area (Å²) in [5.41, 5.74) is 0.919. The number of anilines is 2. The first-order valence-corrected chi connectivity index (χ1v) is 6.85. The van der Waals surface area contributed by atoms with Crippen molar-refractivity contribution >= 4 is 28.9 Å². The van der Waals surface area contributed by atoms with Crippen LogP contribution >= 0.6 is 11.6 Å². The molecule has 0 aromatic heterocycles. The van der Waals surface area contributed by atoms with Crippen LogP contribution in [0.4, 0.5) is 24.5 Å². The first-order chi connectivity index (χ1) is 10.9. The van der Waals surface area contributed by atoms with Gasteiger partial charge in [-0.2, -0.15) is 8.78 Å². The molecule has 122 valence electrons. The van der Waals surface area contributed by atoms with Gasteiger partial charge < -0.3 is 15.4 Å². The quantitative estimate of drug-likeness (QED) is 0.828. The summed E-state index contributed by atoms with van der Waals surface area (Å²) in [6.45, 7) is -3.05. The third-order valence-corrected chi connectivity index (χ3v) is 3.02. The van der Waals surface area contributed by atoms with Gasteiger partial charge in [0.05, 0.1) is 11.6 Å². The number of amides is 1. The zero-order valence-electron chi connectivity index (χ0n) is 11.7. The Kier molecular flexibility index (Phi) is 5.70. The third kappa shape index (κ3) is 5.37.